The average molecular weight is 684 g/mol. The molecule has 1 N–H and O–H groups in total. The smallest absolute Gasteiger partial charge is 0.310 e. The van der Waals surface area contributed by atoms with Gasteiger partial charge in [0.2, 0.25) is 0 Å². The van der Waals surface area contributed by atoms with Crippen molar-refractivity contribution in [2.75, 3.05) is 40.0 Å². The first-order valence-corrected chi connectivity index (χ1v) is 15.6. The summed E-state index contributed by atoms with van der Waals surface area (Å²) >= 11 is 0. The van der Waals surface area contributed by atoms with E-state index >= 15 is 0 Å². The van der Waals surface area contributed by atoms with E-state index in [1.807, 2.05) is 29.2 Å². The highest BCUT2D eigenvalue weighted by atomic mass is 19.1. The van der Waals surface area contributed by atoms with E-state index in [0.29, 0.717) is 50.5 Å². The molecule has 0 amide bonds. The number of ether oxygens (including phenoxy) is 3. The fourth-order valence-corrected chi connectivity index (χ4v) is 5.06. The molecule has 0 radical (unpaired) electrons. The standard InChI is InChI=1S/C34H39F2N5O8/c1-39(22-34(43,23-40-25-37-24-38-40)31-14-9-28(35)20-32(31)36)21-27-7-12-30(13-8-27)47-17-4-16-46-29-10-5-26(6-11-29)19-33(42)48-15-2-3-18-49-41(44)45/h5-14,20,24-25,43H,2-4,15-19,21-23H2,1H3. The Labute approximate surface area is 282 Å². The Bertz CT molecular complexity index is 1610. The second-order valence-corrected chi connectivity index (χ2v) is 11.4. The molecule has 0 saturated carbocycles. The van der Waals surface area contributed by atoms with Crippen molar-refractivity contribution >= 4 is 5.97 Å². The fraction of sp³-hybridized carbons (Fsp3) is 0.382. The largest absolute Gasteiger partial charge is 0.493 e. The van der Waals surface area contributed by atoms with Crippen LogP contribution in [0.2, 0.25) is 0 Å². The lowest BCUT2D eigenvalue weighted by atomic mass is 9.92. The minimum atomic E-state index is -1.70. The first-order chi connectivity index (χ1) is 23.6. The predicted molar refractivity (Wildman–Crippen MR) is 172 cm³/mol. The molecule has 0 aliphatic carbocycles. The lowest BCUT2D eigenvalue weighted by Crippen LogP contribution is -2.43. The Morgan fingerprint density at radius 3 is 2.20 bits per heavy atom. The molecule has 0 saturated heterocycles. The molecule has 1 atom stereocenters. The van der Waals surface area contributed by atoms with Gasteiger partial charge < -0.3 is 24.2 Å². The number of likely N-dealkylation sites (N-methyl/N-ethyl adjacent to an activating group) is 1. The first kappa shape index (κ1) is 36.7. The number of carbonyl (C=O) groups excluding carboxylic acids is 1. The van der Waals surface area contributed by atoms with E-state index in [0.717, 1.165) is 23.3 Å². The van der Waals surface area contributed by atoms with Crippen molar-refractivity contribution in [3.8, 4) is 11.5 Å². The molecule has 0 aliphatic heterocycles. The fourth-order valence-electron chi connectivity index (χ4n) is 5.06. The van der Waals surface area contributed by atoms with Gasteiger partial charge in [-0.15, -0.1) is 10.1 Å². The molecular weight excluding hydrogens is 644 g/mol. The summed E-state index contributed by atoms with van der Waals surface area (Å²) in [6.07, 6.45) is 4.38. The third kappa shape index (κ3) is 12.4. The molecule has 0 aliphatic rings. The van der Waals surface area contributed by atoms with Crippen LogP contribution in [0.1, 0.15) is 36.0 Å². The number of hydrogen-bond acceptors (Lipinski definition) is 11. The number of nitrogens with zero attached hydrogens (tertiary/aromatic N) is 5. The zero-order valence-corrected chi connectivity index (χ0v) is 27.1. The highest BCUT2D eigenvalue weighted by Gasteiger charge is 2.35. The number of esters is 1. The molecular formula is C34H39F2N5O8. The summed E-state index contributed by atoms with van der Waals surface area (Å²) in [5.41, 5.74) is -0.0219. The van der Waals surface area contributed by atoms with Gasteiger partial charge in [-0.3, -0.25) is 9.69 Å². The molecule has 0 bridgehead atoms. The molecule has 13 nitrogen and oxygen atoms in total. The van der Waals surface area contributed by atoms with Crippen LogP contribution in [0.4, 0.5) is 8.78 Å². The second-order valence-electron chi connectivity index (χ2n) is 11.4. The van der Waals surface area contributed by atoms with Gasteiger partial charge in [0.15, 0.2) is 0 Å². The normalized spacial score (nSPS) is 12.3. The molecule has 0 fully saturated rings. The highest BCUT2D eigenvalue weighted by Crippen LogP contribution is 2.28. The maximum Gasteiger partial charge on any atom is 0.310 e. The second kappa shape index (κ2) is 18.4. The average Bonchev–Trinajstić information content (AvgIpc) is 3.56. The molecule has 3 aromatic carbocycles. The first-order valence-electron chi connectivity index (χ1n) is 15.6. The van der Waals surface area contributed by atoms with Gasteiger partial charge >= 0.3 is 5.97 Å². The Hall–Kier alpha value is -5.15. The van der Waals surface area contributed by atoms with Crippen LogP contribution in [0.15, 0.2) is 79.4 Å². The van der Waals surface area contributed by atoms with Crippen molar-refractivity contribution in [1.82, 2.24) is 19.7 Å². The summed E-state index contributed by atoms with van der Waals surface area (Å²) in [4.78, 5) is 32.0. The predicted octanol–water partition coefficient (Wildman–Crippen LogP) is 4.50. The van der Waals surface area contributed by atoms with Crippen LogP contribution in [0.3, 0.4) is 0 Å². The number of aromatic nitrogens is 3. The molecule has 15 heteroatoms. The summed E-state index contributed by atoms with van der Waals surface area (Å²) < 4.78 is 46.5. The summed E-state index contributed by atoms with van der Waals surface area (Å²) in [5, 5.41) is 24.9. The number of carbonyl (C=O) groups is 1. The van der Waals surface area contributed by atoms with Crippen molar-refractivity contribution in [3.63, 3.8) is 0 Å². The topological polar surface area (TPSA) is 151 Å². The quantitative estimate of drug-likeness (QED) is 0.0572. The van der Waals surface area contributed by atoms with Gasteiger partial charge in [-0.1, -0.05) is 30.3 Å². The number of hydrogen-bond donors (Lipinski definition) is 1. The molecule has 1 aromatic heterocycles. The summed E-state index contributed by atoms with van der Waals surface area (Å²) in [6.45, 7) is 1.41. The van der Waals surface area contributed by atoms with E-state index in [1.165, 1.54) is 23.4 Å². The van der Waals surface area contributed by atoms with Crippen LogP contribution >= 0.6 is 0 Å². The van der Waals surface area contributed by atoms with Crippen LogP contribution in [0.25, 0.3) is 0 Å². The minimum Gasteiger partial charge on any atom is -0.493 e. The van der Waals surface area contributed by atoms with Crippen LogP contribution in [-0.2, 0) is 39.5 Å². The van der Waals surface area contributed by atoms with Crippen LogP contribution in [-0.4, -0.2) is 75.8 Å². The van der Waals surface area contributed by atoms with Crippen LogP contribution in [0, 0.1) is 21.7 Å². The lowest BCUT2D eigenvalue weighted by Gasteiger charge is -2.33. The molecule has 49 heavy (non-hydrogen) atoms. The SMILES string of the molecule is CN(Cc1ccc(OCCCOc2ccc(CC(=O)OCCCCO[N+](=O)[O-])cc2)cc1)CC(O)(Cn1cncn1)c1ccc(F)cc1F. The summed E-state index contributed by atoms with van der Waals surface area (Å²) in [7, 11) is 1.80. The zero-order valence-electron chi connectivity index (χ0n) is 27.1. The van der Waals surface area contributed by atoms with E-state index in [4.69, 9.17) is 14.2 Å². The van der Waals surface area contributed by atoms with E-state index in [9.17, 15) is 28.8 Å². The Morgan fingerprint density at radius 1 is 0.939 bits per heavy atom. The van der Waals surface area contributed by atoms with E-state index in [-0.39, 0.29) is 44.3 Å². The van der Waals surface area contributed by atoms with Crippen molar-refractivity contribution in [3.05, 3.63) is 118 Å². The van der Waals surface area contributed by atoms with Crippen molar-refractivity contribution in [2.45, 2.75) is 44.4 Å². The van der Waals surface area contributed by atoms with E-state index in [2.05, 4.69) is 14.9 Å². The van der Waals surface area contributed by atoms with Crippen molar-refractivity contribution in [1.29, 1.82) is 0 Å². The Balaban J connectivity index is 1.15. The maximum atomic E-state index is 14.7. The lowest BCUT2D eigenvalue weighted by molar-refractivity contribution is -0.757. The monoisotopic (exact) mass is 683 g/mol. The molecule has 1 heterocycles. The van der Waals surface area contributed by atoms with Crippen LogP contribution in [0.5, 0.6) is 11.5 Å². The van der Waals surface area contributed by atoms with Gasteiger partial charge in [-0.05, 0) is 61.3 Å². The zero-order chi connectivity index (χ0) is 35.1. The number of benzene rings is 3. The van der Waals surface area contributed by atoms with Gasteiger partial charge in [0.25, 0.3) is 5.09 Å². The highest BCUT2D eigenvalue weighted by molar-refractivity contribution is 5.72. The van der Waals surface area contributed by atoms with Gasteiger partial charge in [-0.2, -0.15) is 5.10 Å². The third-order valence-electron chi connectivity index (χ3n) is 7.33. The molecule has 262 valence electrons. The number of unbranched alkanes of at least 4 members (excludes halogenated alkanes) is 1. The van der Waals surface area contributed by atoms with Gasteiger partial charge in [-0.25, -0.2) is 18.4 Å². The molecule has 0 spiro atoms. The van der Waals surface area contributed by atoms with E-state index in [1.54, 1.807) is 31.3 Å². The van der Waals surface area contributed by atoms with Gasteiger partial charge in [0.1, 0.15) is 41.4 Å². The summed E-state index contributed by atoms with van der Waals surface area (Å²) in [5.74, 6) is -0.610. The third-order valence-corrected chi connectivity index (χ3v) is 7.33. The maximum absolute atomic E-state index is 14.7. The number of halogens is 2. The van der Waals surface area contributed by atoms with Crippen LogP contribution < -0.4 is 9.47 Å². The van der Waals surface area contributed by atoms with Gasteiger partial charge in [0.05, 0.1) is 39.4 Å². The van der Waals surface area contributed by atoms with E-state index < -0.39 is 22.3 Å². The minimum absolute atomic E-state index is 0.0291. The van der Waals surface area contributed by atoms with Gasteiger partial charge in [0, 0.05) is 31.1 Å². The number of rotatable bonds is 21. The molecule has 1 unspecified atom stereocenters. The summed E-state index contributed by atoms with van der Waals surface area (Å²) in [6, 6.07) is 17.8. The Kier molecular flexibility index (Phi) is 13.8. The van der Waals surface area contributed by atoms with Crippen molar-refractivity contribution in [2.24, 2.45) is 0 Å². The Morgan fingerprint density at radius 2 is 1.59 bits per heavy atom. The van der Waals surface area contributed by atoms with Crippen molar-refractivity contribution < 1.29 is 42.8 Å². The molecule has 4 rings (SSSR count). The number of aliphatic hydroxyl groups is 1. The molecule has 4 aromatic rings.